The van der Waals surface area contributed by atoms with Gasteiger partial charge in [-0.25, -0.2) is 0 Å². The lowest BCUT2D eigenvalue weighted by atomic mass is 10.0. The van der Waals surface area contributed by atoms with Crippen LogP contribution in [0.5, 0.6) is 0 Å². The number of benzene rings is 2. The van der Waals surface area contributed by atoms with Crippen LogP contribution in [0.4, 0.5) is 13.2 Å². The van der Waals surface area contributed by atoms with Crippen molar-refractivity contribution in [1.29, 1.82) is 0 Å². The van der Waals surface area contributed by atoms with Crippen LogP contribution in [0.2, 0.25) is 0 Å². The fourth-order valence-corrected chi connectivity index (χ4v) is 2.08. The third kappa shape index (κ3) is 4.31. The van der Waals surface area contributed by atoms with Gasteiger partial charge in [0.25, 0.3) is 0 Å². The molecule has 2 N–H and O–H groups in total. The van der Waals surface area contributed by atoms with E-state index in [2.05, 4.69) is 5.32 Å². The van der Waals surface area contributed by atoms with Crippen molar-refractivity contribution in [2.75, 3.05) is 0 Å². The molecule has 0 aliphatic heterocycles. The summed E-state index contributed by atoms with van der Waals surface area (Å²) in [7, 11) is 0. The van der Waals surface area contributed by atoms with E-state index < -0.39 is 18.3 Å². The highest BCUT2D eigenvalue weighted by Gasteiger charge is 2.43. The Morgan fingerprint density at radius 3 is 1.95 bits per heavy atom. The summed E-state index contributed by atoms with van der Waals surface area (Å²) in [4.78, 5) is 0. The Balaban J connectivity index is 2.17. The molecule has 0 unspecified atom stereocenters. The molecule has 2 rings (SSSR count). The van der Waals surface area contributed by atoms with Crippen LogP contribution in [-0.4, -0.2) is 17.4 Å². The van der Waals surface area contributed by atoms with E-state index in [9.17, 15) is 18.3 Å². The van der Waals surface area contributed by atoms with Gasteiger partial charge in [0, 0.05) is 6.54 Å². The fraction of sp³-hybridized carbons (Fsp3) is 0.250. The molecule has 2 aromatic carbocycles. The zero-order valence-electron chi connectivity index (χ0n) is 11.2. The second-order valence-corrected chi connectivity index (χ2v) is 4.74. The van der Waals surface area contributed by atoms with E-state index in [-0.39, 0.29) is 6.54 Å². The Hall–Kier alpha value is -1.85. The highest BCUT2D eigenvalue weighted by Crippen LogP contribution is 2.30. The van der Waals surface area contributed by atoms with Crippen LogP contribution in [0.25, 0.3) is 0 Å². The first-order valence-electron chi connectivity index (χ1n) is 6.55. The van der Waals surface area contributed by atoms with Crippen molar-refractivity contribution in [2.45, 2.75) is 24.9 Å². The Morgan fingerprint density at radius 2 is 1.43 bits per heavy atom. The van der Waals surface area contributed by atoms with Crippen molar-refractivity contribution >= 4 is 0 Å². The van der Waals surface area contributed by atoms with Crippen LogP contribution in [0, 0.1) is 0 Å². The molecule has 0 aromatic heterocycles. The maximum absolute atomic E-state index is 12.8. The summed E-state index contributed by atoms with van der Waals surface area (Å²) in [5, 5.41) is 12.4. The molecule has 2 atom stereocenters. The Morgan fingerprint density at radius 1 is 0.905 bits per heavy atom. The van der Waals surface area contributed by atoms with E-state index >= 15 is 0 Å². The summed E-state index contributed by atoms with van der Waals surface area (Å²) in [6, 6.07) is 16.0. The van der Waals surface area contributed by atoms with Gasteiger partial charge in [-0.05, 0) is 11.1 Å². The van der Waals surface area contributed by atoms with Crippen molar-refractivity contribution in [3.8, 4) is 0 Å². The van der Waals surface area contributed by atoms with Crippen LogP contribution < -0.4 is 5.32 Å². The standard InChI is InChI=1S/C16H16F3NO/c17-16(18,19)15(21)14(13-9-5-2-6-10-13)20-11-12-7-3-1-4-8-12/h1-10,14-15,20-21H,11H2/t14-,15-/m1/s1. The largest absolute Gasteiger partial charge is 0.416 e. The van der Waals surface area contributed by atoms with Crippen LogP contribution in [0.1, 0.15) is 17.2 Å². The van der Waals surface area contributed by atoms with E-state index in [0.29, 0.717) is 5.56 Å². The number of rotatable bonds is 5. The molecule has 0 aliphatic carbocycles. The minimum absolute atomic E-state index is 0.244. The normalized spacial score (nSPS) is 14.7. The molecule has 5 heteroatoms. The number of halogens is 3. The zero-order valence-corrected chi connectivity index (χ0v) is 11.2. The number of hydrogen-bond donors (Lipinski definition) is 2. The molecule has 0 aliphatic rings. The molecule has 0 fully saturated rings. The molecular formula is C16H16F3NO. The molecule has 2 aromatic rings. The predicted octanol–water partition coefficient (Wildman–Crippen LogP) is 3.44. The quantitative estimate of drug-likeness (QED) is 0.885. The van der Waals surface area contributed by atoms with Gasteiger partial charge in [-0.15, -0.1) is 0 Å². The summed E-state index contributed by atoms with van der Waals surface area (Å²) in [6.45, 7) is 0.244. The van der Waals surface area contributed by atoms with Crippen LogP contribution in [0.3, 0.4) is 0 Å². The molecule has 0 amide bonds. The number of hydrogen-bond acceptors (Lipinski definition) is 2. The van der Waals surface area contributed by atoms with Gasteiger partial charge in [0.2, 0.25) is 0 Å². The highest BCUT2D eigenvalue weighted by atomic mass is 19.4. The van der Waals surface area contributed by atoms with Gasteiger partial charge < -0.3 is 10.4 Å². The number of alkyl halides is 3. The molecule has 0 saturated carbocycles. The Bertz CT molecular complexity index is 542. The van der Waals surface area contributed by atoms with E-state index in [1.54, 1.807) is 30.3 Å². The molecule has 0 heterocycles. The zero-order chi connectivity index (χ0) is 15.3. The third-order valence-electron chi connectivity index (χ3n) is 3.18. The molecular weight excluding hydrogens is 279 g/mol. The van der Waals surface area contributed by atoms with Crippen LogP contribution in [0.15, 0.2) is 60.7 Å². The summed E-state index contributed by atoms with van der Waals surface area (Å²) >= 11 is 0. The lowest BCUT2D eigenvalue weighted by molar-refractivity contribution is -0.213. The smallest absolute Gasteiger partial charge is 0.382 e. The van der Waals surface area contributed by atoms with Crippen molar-refractivity contribution in [1.82, 2.24) is 5.32 Å². The van der Waals surface area contributed by atoms with E-state index in [1.165, 1.54) is 0 Å². The average Bonchev–Trinajstić information content (AvgIpc) is 2.48. The van der Waals surface area contributed by atoms with Gasteiger partial charge in [-0.2, -0.15) is 13.2 Å². The van der Waals surface area contributed by atoms with Crippen LogP contribution >= 0.6 is 0 Å². The maximum atomic E-state index is 12.8. The summed E-state index contributed by atoms with van der Waals surface area (Å²) in [5.74, 6) is 0. The first-order chi connectivity index (χ1) is 9.98. The summed E-state index contributed by atoms with van der Waals surface area (Å²) < 4.78 is 38.5. The highest BCUT2D eigenvalue weighted by molar-refractivity contribution is 5.21. The van der Waals surface area contributed by atoms with Crippen molar-refractivity contribution < 1.29 is 18.3 Å². The first kappa shape index (κ1) is 15.5. The van der Waals surface area contributed by atoms with E-state index in [4.69, 9.17) is 0 Å². The van der Waals surface area contributed by atoms with E-state index in [1.807, 2.05) is 30.3 Å². The third-order valence-corrected chi connectivity index (χ3v) is 3.18. The average molecular weight is 295 g/mol. The van der Waals surface area contributed by atoms with Gasteiger partial charge in [0.15, 0.2) is 6.10 Å². The molecule has 21 heavy (non-hydrogen) atoms. The van der Waals surface area contributed by atoms with Crippen molar-refractivity contribution in [3.63, 3.8) is 0 Å². The van der Waals surface area contributed by atoms with Crippen molar-refractivity contribution in [2.24, 2.45) is 0 Å². The first-order valence-corrected chi connectivity index (χ1v) is 6.55. The second-order valence-electron chi connectivity index (χ2n) is 4.74. The van der Waals surface area contributed by atoms with Crippen molar-refractivity contribution in [3.05, 3.63) is 71.8 Å². The molecule has 0 radical (unpaired) electrons. The molecule has 112 valence electrons. The summed E-state index contributed by atoms with van der Waals surface area (Å²) in [6.07, 6.45) is -7.13. The Labute approximate surface area is 121 Å². The number of aliphatic hydroxyl groups excluding tert-OH is 1. The lowest BCUT2D eigenvalue weighted by Gasteiger charge is -2.26. The molecule has 2 nitrogen and oxygen atoms in total. The fourth-order valence-electron chi connectivity index (χ4n) is 2.08. The molecule has 0 saturated heterocycles. The Kier molecular flexibility index (Phi) is 4.98. The predicted molar refractivity (Wildman–Crippen MR) is 74.5 cm³/mol. The van der Waals surface area contributed by atoms with Crippen LogP contribution in [-0.2, 0) is 6.54 Å². The maximum Gasteiger partial charge on any atom is 0.416 e. The SMILES string of the molecule is O[C@H]([C@H](NCc1ccccc1)c1ccccc1)C(F)(F)F. The van der Waals surface area contributed by atoms with Gasteiger partial charge in [-0.1, -0.05) is 60.7 Å². The second kappa shape index (κ2) is 6.74. The minimum Gasteiger partial charge on any atom is -0.382 e. The van der Waals surface area contributed by atoms with Gasteiger partial charge in [0.1, 0.15) is 0 Å². The number of aliphatic hydroxyl groups is 1. The van der Waals surface area contributed by atoms with Gasteiger partial charge in [0.05, 0.1) is 6.04 Å². The topological polar surface area (TPSA) is 32.3 Å². The molecule has 0 bridgehead atoms. The van der Waals surface area contributed by atoms with Gasteiger partial charge in [-0.3, -0.25) is 0 Å². The molecule has 0 spiro atoms. The lowest BCUT2D eigenvalue weighted by Crippen LogP contribution is -2.41. The monoisotopic (exact) mass is 295 g/mol. The minimum atomic E-state index is -4.68. The van der Waals surface area contributed by atoms with Gasteiger partial charge >= 0.3 is 6.18 Å². The number of nitrogens with one attached hydrogen (secondary N) is 1. The van der Waals surface area contributed by atoms with E-state index in [0.717, 1.165) is 5.56 Å². The summed E-state index contributed by atoms with van der Waals surface area (Å²) in [5.41, 5.74) is 1.26.